The maximum absolute atomic E-state index is 5.39. The molecule has 0 bridgehead atoms. The van der Waals surface area contributed by atoms with Gasteiger partial charge in [0.15, 0.2) is 3.95 Å². The summed E-state index contributed by atoms with van der Waals surface area (Å²) in [4.78, 5) is 0. The number of aromatic nitrogens is 1. The smallest absolute Gasteiger partial charge is 0.162 e. The molecule has 3 heteroatoms. The molecular formula is C12H15NS2. The summed E-state index contributed by atoms with van der Waals surface area (Å²) in [5.41, 5.74) is 1.29. The highest BCUT2D eigenvalue weighted by molar-refractivity contribution is 7.73. The maximum Gasteiger partial charge on any atom is 0.162 e. The molecule has 0 saturated carbocycles. The van der Waals surface area contributed by atoms with Crippen LogP contribution >= 0.6 is 23.6 Å². The van der Waals surface area contributed by atoms with Gasteiger partial charge in [-0.05, 0) is 36.7 Å². The van der Waals surface area contributed by atoms with Gasteiger partial charge in [-0.25, -0.2) is 0 Å². The Bertz CT molecular complexity index is 508. The molecule has 0 saturated heterocycles. The molecule has 0 aliphatic carbocycles. The molecule has 0 aliphatic heterocycles. The molecule has 1 heterocycles. The molecule has 0 atom stereocenters. The highest BCUT2D eigenvalue weighted by Gasteiger charge is 2.04. The molecule has 2 aromatic rings. The van der Waals surface area contributed by atoms with E-state index in [-0.39, 0.29) is 0 Å². The number of benzene rings is 1. The standard InChI is InChI=1S/C12H15NS2/c1-9(2)7-8-13-10-5-3-4-6-11(10)15-12(13)14/h3-6,9H,7-8H2,1-2H3. The molecule has 0 N–H and O–H groups in total. The minimum Gasteiger partial charge on any atom is -0.323 e. The van der Waals surface area contributed by atoms with E-state index in [2.05, 4.69) is 42.7 Å². The van der Waals surface area contributed by atoms with E-state index in [9.17, 15) is 0 Å². The number of hydrogen-bond donors (Lipinski definition) is 0. The molecular weight excluding hydrogens is 222 g/mol. The predicted octanol–water partition coefficient (Wildman–Crippen LogP) is 4.48. The first-order chi connectivity index (χ1) is 7.18. The summed E-state index contributed by atoms with van der Waals surface area (Å²) < 4.78 is 4.55. The van der Waals surface area contributed by atoms with E-state index < -0.39 is 0 Å². The Morgan fingerprint density at radius 3 is 2.80 bits per heavy atom. The first kappa shape index (κ1) is 10.8. The van der Waals surface area contributed by atoms with Crippen molar-refractivity contribution in [2.45, 2.75) is 26.8 Å². The molecule has 2 rings (SSSR count). The molecule has 0 radical (unpaired) electrons. The van der Waals surface area contributed by atoms with Crippen LogP contribution in [0.1, 0.15) is 20.3 Å². The van der Waals surface area contributed by atoms with Crippen molar-refractivity contribution in [2.24, 2.45) is 5.92 Å². The van der Waals surface area contributed by atoms with Crippen LogP contribution in [0.4, 0.5) is 0 Å². The van der Waals surface area contributed by atoms with E-state index in [0.29, 0.717) is 0 Å². The molecule has 1 aromatic carbocycles. The Hall–Kier alpha value is -0.670. The number of fused-ring (bicyclic) bond motifs is 1. The fraction of sp³-hybridized carbons (Fsp3) is 0.417. The number of hydrogen-bond acceptors (Lipinski definition) is 2. The summed E-state index contributed by atoms with van der Waals surface area (Å²) in [5, 5.41) is 0. The van der Waals surface area contributed by atoms with E-state index in [1.807, 2.05) is 0 Å². The van der Waals surface area contributed by atoms with Gasteiger partial charge in [-0.1, -0.05) is 26.0 Å². The van der Waals surface area contributed by atoms with Crippen molar-refractivity contribution >= 4 is 33.8 Å². The number of thiazole rings is 1. The Kier molecular flexibility index (Phi) is 3.22. The van der Waals surface area contributed by atoms with Crippen molar-refractivity contribution in [1.82, 2.24) is 4.57 Å². The molecule has 0 unspecified atom stereocenters. The second-order valence-electron chi connectivity index (χ2n) is 4.17. The average Bonchev–Trinajstić information content (AvgIpc) is 2.50. The third-order valence-electron chi connectivity index (χ3n) is 2.50. The van der Waals surface area contributed by atoms with Crippen LogP contribution in [0.15, 0.2) is 24.3 Å². The minimum absolute atomic E-state index is 0.727. The van der Waals surface area contributed by atoms with Crippen LogP contribution in [0, 0.1) is 9.87 Å². The summed E-state index contributed by atoms with van der Waals surface area (Å²) in [7, 11) is 0. The van der Waals surface area contributed by atoms with Crippen LogP contribution in [-0.4, -0.2) is 4.57 Å². The van der Waals surface area contributed by atoms with Crippen molar-refractivity contribution in [2.75, 3.05) is 0 Å². The van der Waals surface area contributed by atoms with Gasteiger partial charge >= 0.3 is 0 Å². The predicted molar refractivity (Wildman–Crippen MR) is 70.1 cm³/mol. The third-order valence-corrected chi connectivity index (χ3v) is 3.93. The van der Waals surface area contributed by atoms with E-state index in [0.717, 1.165) is 16.4 Å². The van der Waals surface area contributed by atoms with Gasteiger partial charge in [0, 0.05) is 6.54 Å². The molecule has 80 valence electrons. The summed E-state index contributed by atoms with van der Waals surface area (Å²) in [6, 6.07) is 8.44. The molecule has 1 aromatic heterocycles. The topological polar surface area (TPSA) is 4.93 Å². The average molecular weight is 237 g/mol. The minimum atomic E-state index is 0.727. The summed E-state index contributed by atoms with van der Waals surface area (Å²) in [6.07, 6.45) is 1.19. The van der Waals surface area contributed by atoms with Gasteiger partial charge < -0.3 is 4.57 Å². The van der Waals surface area contributed by atoms with E-state index in [1.165, 1.54) is 16.6 Å². The molecule has 0 aliphatic rings. The zero-order chi connectivity index (χ0) is 10.8. The summed E-state index contributed by atoms with van der Waals surface area (Å²) in [5.74, 6) is 0.727. The Morgan fingerprint density at radius 1 is 1.33 bits per heavy atom. The fourth-order valence-corrected chi connectivity index (χ4v) is 2.99. The first-order valence-electron chi connectivity index (χ1n) is 5.27. The van der Waals surface area contributed by atoms with Gasteiger partial charge in [0.2, 0.25) is 0 Å². The normalized spacial score (nSPS) is 11.4. The molecule has 0 amide bonds. The van der Waals surface area contributed by atoms with Crippen molar-refractivity contribution in [3.8, 4) is 0 Å². The van der Waals surface area contributed by atoms with Gasteiger partial charge in [-0.3, -0.25) is 0 Å². The lowest BCUT2D eigenvalue weighted by molar-refractivity contribution is 0.523. The quantitative estimate of drug-likeness (QED) is 0.713. The number of aryl methyl sites for hydroxylation is 1. The molecule has 0 fully saturated rings. The van der Waals surface area contributed by atoms with Gasteiger partial charge in [0.1, 0.15) is 0 Å². The van der Waals surface area contributed by atoms with Crippen LogP contribution in [0.3, 0.4) is 0 Å². The van der Waals surface area contributed by atoms with Crippen LogP contribution in [-0.2, 0) is 6.54 Å². The zero-order valence-electron chi connectivity index (χ0n) is 9.06. The third kappa shape index (κ3) is 2.29. The van der Waals surface area contributed by atoms with Crippen LogP contribution < -0.4 is 0 Å². The summed E-state index contributed by atoms with van der Waals surface area (Å²) in [6.45, 7) is 5.54. The van der Waals surface area contributed by atoms with Crippen molar-refractivity contribution < 1.29 is 0 Å². The number of nitrogens with zero attached hydrogens (tertiary/aromatic N) is 1. The lowest BCUT2D eigenvalue weighted by atomic mass is 10.1. The van der Waals surface area contributed by atoms with Crippen LogP contribution in [0.25, 0.3) is 10.2 Å². The second-order valence-corrected chi connectivity index (χ2v) is 5.85. The first-order valence-corrected chi connectivity index (χ1v) is 6.49. The van der Waals surface area contributed by atoms with Gasteiger partial charge in [-0.15, -0.1) is 11.3 Å². The molecule has 1 nitrogen and oxygen atoms in total. The lowest BCUT2D eigenvalue weighted by Gasteiger charge is -2.06. The Balaban J connectivity index is 2.41. The van der Waals surface area contributed by atoms with E-state index in [4.69, 9.17) is 12.2 Å². The number of rotatable bonds is 3. The lowest BCUT2D eigenvalue weighted by Crippen LogP contribution is -2.00. The van der Waals surface area contributed by atoms with Crippen molar-refractivity contribution in [1.29, 1.82) is 0 Å². The monoisotopic (exact) mass is 237 g/mol. The van der Waals surface area contributed by atoms with Crippen molar-refractivity contribution in [3.63, 3.8) is 0 Å². The highest BCUT2D eigenvalue weighted by atomic mass is 32.1. The van der Waals surface area contributed by atoms with E-state index in [1.54, 1.807) is 11.3 Å². The second kappa shape index (κ2) is 4.45. The van der Waals surface area contributed by atoms with Crippen LogP contribution in [0.5, 0.6) is 0 Å². The van der Waals surface area contributed by atoms with Crippen molar-refractivity contribution in [3.05, 3.63) is 28.2 Å². The molecule has 0 spiro atoms. The van der Waals surface area contributed by atoms with Crippen LogP contribution in [0.2, 0.25) is 0 Å². The Labute approximate surface area is 99.4 Å². The fourth-order valence-electron chi connectivity index (χ4n) is 1.61. The molecule has 15 heavy (non-hydrogen) atoms. The van der Waals surface area contributed by atoms with Gasteiger partial charge in [0.25, 0.3) is 0 Å². The Morgan fingerprint density at radius 2 is 2.07 bits per heavy atom. The van der Waals surface area contributed by atoms with E-state index >= 15 is 0 Å². The summed E-state index contributed by atoms with van der Waals surface area (Å²) >= 11 is 7.09. The van der Waals surface area contributed by atoms with Gasteiger partial charge in [-0.2, -0.15) is 0 Å². The highest BCUT2D eigenvalue weighted by Crippen LogP contribution is 2.23. The maximum atomic E-state index is 5.39. The SMILES string of the molecule is CC(C)CCn1c(=S)sc2ccccc21. The largest absolute Gasteiger partial charge is 0.323 e. The number of para-hydroxylation sites is 1. The zero-order valence-corrected chi connectivity index (χ0v) is 10.7. The van der Waals surface area contributed by atoms with Gasteiger partial charge in [0.05, 0.1) is 10.2 Å².